The Morgan fingerprint density at radius 2 is 1.72 bits per heavy atom. The van der Waals surface area contributed by atoms with E-state index in [1.54, 1.807) is 0 Å². The van der Waals surface area contributed by atoms with E-state index in [-0.39, 0.29) is 5.54 Å². The van der Waals surface area contributed by atoms with Gasteiger partial charge in [-0.3, -0.25) is 4.90 Å². The van der Waals surface area contributed by atoms with Crippen molar-refractivity contribution in [3.63, 3.8) is 0 Å². The standard InChI is InChI=1S/C16H34N2/c1-13(2)6-9-16(5,12-17)18-10-7-15(8-11-18)14(3)4/h13-15H,6-12,17H2,1-5H3. The number of likely N-dealkylation sites (tertiary alicyclic amines) is 1. The molecule has 1 heterocycles. The smallest absolute Gasteiger partial charge is 0.0303 e. The zero-order chi connectivity index (χ0) is 13.8. The molecule has 0 amide bonds. The van der Waals surface area contributed by atoms with Crippen LogP contribution in [0, 0.1) is 17.8 Å². The Bertz CT molecular complexity index is 229. The first-order valence-corrected chi connectivity index (χ1v) is 7.84. The summed E-state index contributed by atoms with van der Waals surface area (Å²) >= 11 is 0. The molecule has 1 saturated heterocycles. The van der Waals surface area contributed by atoms with Crippen molar-refractivity contribution in [2.75, 3.05) is 19.6 Å². The molecule has 1 atom stereocenters. The monoisotopic (exact) mass is 254 g/mol. The SMILES string of the molecule is CC(C)CCC(C)(CN)N1CCC(C(C)C)CC1. The third-order valence-corrected chi connectivity index (χ3v) is 4.95. The van der Waals surface area contributed by atoms with Crippen LogP contribution in [0.3, 0.4) is 0 Å². The molecule has 1 aliphatic heterocycles. The number of rotatable bonds is 6. The van der Waals surface area contributed by atoms with Gasteiger partial charge in [-0.1, -0.05) is 27.7 Å². The van der Waals surface area contributed by atoms with Gasteiger partial charge in [0.25, 0.3) is 0 Å². The highest BCUT2D eigenvalue weighted by molar-refractivity contribution is 4.90. The molecule has 0 aromatic heterocycles. The van der Waals surface area contributed by atoms with Gasteiger partial charge in [-0.25, -0.2) is 0 Å². The molecule has 108 valence electrons. The molecule has 1 rings (SSSR count). The molecule has 0 bridgehead atoms. The van der Waals surface area contributed by atoms with Crippen molar-refractivity contribution in [2.45, 2.75) is 65.8 Å². The van der Waals surface area contributed by atoms with Gasteiger partial charge >= 0.3 is 0 Å². The van der Waals surface area contributed by atoms with Crippen molar-refractivity contribution in [3.05, 3.63) is 0 Å². The van der Waals surface area contributed by atoms with E-state index < -0.39 is 0 Å². The summed E-state index contributed by atoms with van der Waals surface area (Å²) in [6, 6.07) is 0. The van der Waals surface area contributed by atoms with Crippen LogP contribution in [0.2, 0.25) is 0 Å². The molecule has 2 nitrogen and oxygen atoms in total. The summed E-state index contributed by atoms with van der Waals surface area (Å²) in [4.78, 5) is 2.66. The summed E-state index contributed by atoms with van der Waals surface area (Å²) in [5.41, 5.74) is 6.31. The molecular weight excluding hydrogens is 220 g/mol. The van der Waals surface area contributed by atoms with Crippen LogP contribution in [-0.2, 0) is 0 Å². The topological polar surface area (TPSA) is 29.3 Å². The van der Waals surface area contributed by atoms with Crippen LogP contribution in [0.1, 0.15) is 60.3 Å². The van der Waals surface area contributed by atoms with E-state index in [0.29, 0.717) is 0 Å². The van der Waals surface area contributed by atoms with Crippen molar-refractivity contribution in [3.8, 4) is 0 Å². The van der Waals surface area contributed by atoms with E-state index in [9.17, 15) is 0 Å². The quantitative estimate of drug-likeness (QED) is 0.786. The largest absolute Gasteiger partial charge is 0.329 e. The number of nitrogens with zero attached hydrogens (tertiary/aromatic N) is 1. The minimum atomic E-state index is 0.228. The highest BCUT2D eigenvalue weighted by Gasteiger charge is 2.33. The second kappa shape index (κ2) is 6.91. The van der Waals surface area contributed by atoms with Gasteiger partial charge in [-0.05, 0) is 63.5 Å². The maximum absolute atomic E-state index is 6.08. The Hall–Kier alpha value is -0.0800. The van der Waals surface area contributed by atoms with Gasteiger partial charge in [-0.2, -0.15) is 0 Å². The third kappa shape index (κ3) is 4.24. The fraction of sp³-hybridized carbons (Fsp3) is 1.00. The van der Waals surface area contributed by atoms with E-state index in [1.165, 1.54) is 38.8 Å². The van der Waals surface area contributed by atoms with Gasteiger partial charge in [-0.15, -0.1) is 0 Å². The van der Waals surface area contributed by atoms with Crippen molar-refractivity contribution in [1.29, 1.82) is 0 Å². The van der Waals surface area contributed by atoms with Crippen LogP contribution in [0.25, 0.3) is 0 Å². The van der Waals surface area contributed by atoms with E-state index in [1.807, 2.05) is 0 Å². The van der Waals surface area contributed by atoms with Gasteiger partial charge < -0.3 is 5.73 Å². The molecule has 2 N–H and O–H groups in total. The minimum Gasteiger partial charge on any atom is -0.329 e. The lowest BCUT2D eigenvalue weighted by Gasteiger charge is -2.45. The summed E-state index contributed by atoms with van der Waals surface area (Å²) in [5.74, 6) is 2.55. The van der Waals surface area contributed by atoms with Crippen molar-refractivity contribution in [2.24, 2.45) is 23.5 Å². The molecule has 0 saturated carbocycles. The number of piperidine rings is 1. The lowest BCUT2D eigenvalue weighted by molar-refractivity contribution is 0.0481. The molecule has 1 unspecified atom stereocenters. The van der Waals surface area contributed by atoms with Crippen molar-refractivity contribution >= 4 is 0 Å². The van der Waals surface area contributed by atoms with E-state index in [2.05, 4.69) is 39.5 Å². The van der Waals surface area contributed by atoms with Gasteiger partial charge in [0.2, 0.25) is 0 Å². The number of hydrogen-bond acceptors (Lipinski definition) is 2. The molecule has 1 aliphatic rings. The Morgan fingerprint density at radius 1 is 1.17 bits per heavy atom. The molecule has 1 fully saturated rings. The summed E-state index contributed by atoms with van der Waals surface area (Å²) in [6.45, 7) is 15.0. The van der Waals surface area contributed by atoms with Crippen molar-refractivity contribution in [1.82, 2.24) is 4.90 Å². The first-order chi connectivity index (χ1) is 8.39. The summed E-state index contributed by atoms with van der Waals surface area (Å²) < 4.78 is 0. The zero-order valence-corrected chi connectivity index (χ0v) is 13.2. The molecule has 0 aromatic rings. The molecule has 0 spiro atoms. The normalized spacial score (nSPS) is 22.7. The van der Waals surface area contributed by atoms with Gasteiger partial charge in [0.1, 0.15) is 0 Å². The highest BCUT2D eigenvalue weighted by Crippen LogP contribution is 2.31. The summed E-state index contributed by atoms with van der Waals surface area (Å²) in [5, 5.41) is 0. The average molecular weight is 254 g/mol. The minimum absolute atomic E-state index is 0.228. The van der Waals surface area contributed by atoms with Crippen LogP contribution in [0.15, 0.2) is 0 Å². The van der Waals surface area contributed by atoms with Gasteiger partial charge in [0.05, 0.1) is 0 Å². The molecule has 0 radical (unpaired) electrons. The number of hydrogen-bond donors (Lipinski definition) is 1. The van der Waals surface area contributed by atoms with Gasteiger partial charge in [0, 0.05) is 12.1 Å². The highest BCUT2D eigenvalue weighted by atomic mass is 15.2. The summed E-state index contributed by atoms with van der Waals surface area (Å²) in [6.07, 6.45) is 5.25. The Labute approximate surface area is 114 Å². The van der Waals surface area contributed by atoms with E-state index >= 15 is 0 Å². The maximum atomic E-state index is 6.08. The van der Waals surface area contributed by atoms with Crippen LogP contribution < -0.4 is 5.73 Å². The Kier molecular flexibility index (Phi) is 6.13. The Morgan fingerprint density at radius 3 is 2.11 bits per heavy atom. The third-order valence-electron chi connectivity index (χ3n) is 4.95. The van der Waals surface area contributed by atoms with E-state index in [0.717, 1.165) is 24.3 Å². The molecule has 18 heavy (non-hydrogen) atoms. The fourth-order valence-corrected chi connectivity index (χ4v) is 3.09. The van der Waals surface area contributed by atoms with Crippen LogP contribution in [-0.4, -0.2) is 30.1 Å². The lowest BCUT2D eigenvalue weighted by atomic mass is 9.83. The second-order valence-corrected chi connectivity index (χ2v) is 7.20. The summed E-state index contributed by atoms with van der Waals surface area (Å²) in [7, 11) is 0. The Balaban J connectivity index is 2.51. The first-order valence-electron chi connectivity index (χ1n) is 7.84. The number of nitrogens with two attached hydrogens (primary N) is 1. The molecule has 0 aliphatic carbocycles. The predicted octanol–water partition coefficient (Wildman–Crippen LogP) is 3.51. The second-order valence-electron chi connectivity index (χ2n) is 7.20. The van der Waals surface area contributed by atoms with Crippen LogP contribution in [0.4, 0.5) is 0 Å². The predicted molar refractivity (Wildman–Crippen MR) is 80.7 cm³/mol. The molecule has 2 heteroatoms. The van der Waals surface area contributed by atoms with Crippen molar-refractivity contribution < 1.29 is 0 Å². The fourth-order valence-electron chi connectivity index (χ4n) is 3.09. The molecule has 0 aromatic carbocycles. The lowest BCUT2D eigenvalue weighted by Crippen LogP contribution is -2.54. The first kappa shape index (κ1) is 16.0. The average Bonchev–Trinajstić information content (AvgIpc) is 2.36. The zero-order valence-electron chi connectivity index (χ0n) is 13.2. The van der Waals surface area contributed by atoms with E-state index in [4.69, 9.17) is 5.73 Å². The van der Waals surface area contributed by atoms with Gasteiger partial charge in [0.15, 0.2) is 0 Å². The van der Waals surface area contributed by atoms with Crippen LogP contribution >= 0.6 is 0 Å². The van der Waals surface area contributed by atoms with Crippen LogP contribution in [0.5, 0.6) is 0 Å². The maximum Gasteiger partial charge on any atom is 0.0303 e. The molecular formula is C16H34N2.